The van der Waals surface area contributed by atoms with Gasteiger partial charge >= 0.3 is 5.97 Å². The second kappa shape index (κ2) is 4.53. The van der Waals surface area contributed by atoms with Crippen LogP contribution in [0.25, 0.3) is 5.65 Å². The Labute approximate surface area is 109 Å². The summed E-state index contributed by atoms with van der Waals surface area (Å²) in [5.74, 6) is -0.765. The Hall–Kier alpha value is -2.11. The van der Waals surface area contributed by atoms with Crippen LogP contribution in [-0.4, -0.2) is 25.7 Å². The third kappa shape index (κ3) is 2.14. The van der Waals surface area contributed by atoms with E-state index in [-0.39, 0.29) is 11.3 Å². The van der Waals surface area contributed by atoms with Crippen LogP contribution in [0.4, 0.5) is 0 Å². The highest BCUT2D eigenvalue weighted by Gasteiger charge is 2.19. The SMILES string of the molecule is O=C(O)c1cc2nc(C3CCCCC3)cc(=O)n2[nH]1. The minimum Gasteiger partial charge on any atom is -0.477 e. The molecule has 0 aliphatic heterocycles. The predicted octanol–water partition coefficient (Wildman–Crippen LogP) is 1.77. The van der Waals surface area contributed by atoms with Gasteiger partial charge in [-0.1, -0.05) is 19.3 Å². The van der Waals surface area contributed by atoms with Crippen LogP contribution >= 0.6 is 0 Å². The fourth-order valence-electron chi connectivity index (χ4n) is 2.73. The van der Waals surface area contributed by atoms with Crippen molar-refractivity contribution >= 4 is 11.6 Å². The van der Waals surface area contributed by atoms with Gasteiger partial charge in [0.1, 0.15) is 5.69 Å². The molecule has 0 bridgehead atoms. The third-order valence-corrected chi connectivity index (χ3v) is 3.72. The molecule has 1 aliphatic carbocycles. The first-order valence-electron chi connectivity index (χ1n) is 6.51. The van der Waals surface area contributed by atoms with Gasteiger partial charge in [-0.05, 0) is 12.8 Å². The topological polar surface area (TPSA) is 87.5 Å². The van der Waals surface area contributed by atoms with Gasteiger partial charge in [0.2, 0.25) is 0 Å². The quantitative estimate of drug-likeness (QED) is 0.862. The second-order valence-electron chi connectivity index (χ2n) is 5.02. The highest BCUT2D eigenvalue weighted by Crippen LogP contribution is 2.31. The van der Waals surface area contributed by atoms with Crippen molar-refractivity contribution in [3.05, 3.63) is 33.9 Å². The molecule has 6 nitrogen and oxygen atoms in total. The summed E-state index contributed by atoms with van der Waals surface area (Å²) in [6.45, 7) is 0. The van der Waals surface area contributed by atoms with Gasteiger partial charge in [-0.3, -0.25) is 9.89 Å². The number of aromatic nitrogens is 3. The molecule has 0 unspecified atom stereocenters. The monoisotopic (exact) mass is 261 g/mol. The first-order valence-corrected chi connectivity index (χ1v) is 6.51. The number of H-pyrrole nitrogens is 1. The standard InChI is InChI=1S/C13H15N3O3/c17-12-7-9(8-4-2-1-3-5-8)14-11-6-10(13(18)19)15-16(11)12/h6-8,15H,1-5H2,(H,18,19). The first kappa shape index (κ1) is 12.0. The summed E-state index contributed by atoms with van der Waals surface area (Å²) in [7, 11) is 0. The van der Waals surface area contributed by atoms with Crippen molar-refractivity contribution in [3.8, 4) is 0 Å². The highest BCUT2D eigenvalue weighted by atomic mass is 16.4. The number of aromatic carboxylic acids is 1. The zero-order valence-electron chi connectivity index (χ0n) is 10.4. The van der Waals surface area contributed by atoms with E-state index < -0.39 is 5.97 Å². The van der Waals surface area contributed by atoms with Crippen LogP contribution in [0.5, 0.6) is 0 Å². The molecule has 1 aliphatic rings. The smallest absolute Gasteiger partial charge is 0.353 e. The summed E-state index contributed by atoms with van der Waals surface area (Å²) < 4.78 is 1.18. The maximum atomic E-state index is 12.0. The molecule has 0 atom stereocenters. The zero-order chi connectivity index (χ0) is 13.4. The van der Waals surface area contributed by atoms with Crippen molar-refractivity contribution in [2.75, 3.05) is 0 Å². The van der Waals surface area contributed by atoms with Gasteiger partial charge in [-0.2, -0.15) is 0 Å². The molecule has 6 heteroatoms. The molecule has 3 rings (SSSR count). The van der Waals surface area contributed by atoms with Gasteiger partial charge in [-0.25, -0.2) is 14.3 Å². The van der Waals surface area contributed by atoms with Crippen LogP contribution in [0.2, 0.25) is 0 Å². The van der Waals surface area contributed by atoms with Gasteiger partial charge in [-0.15, -0.1) is 0 Å². The third-order valence-electron chi connectivity index (χ3n) is 3.72. The van der Waals surface area contributed by atoms with Crippen LogP contribution in [0.15, 0.2) is 16.9 Å². The molecule has 0 spiro atoms. The van der Waals surface area contributed by atoms with Crippen LogP contribution in [-0.2, 0) is 0 Å². The molecular formula is C13H15N3O3. The Kier molecular flexibility index (Phi) is 2.85. The number of carbonyl (C=O) groups is 1. The maximum absolute atomic E-state index is 12.0. The first-order chi connectivity index (χ1) is 9.15. The average Bonchev–Trinajstić information content (AvgIpc) is 2.84. The summed E-state index contributed by atoms with van der Waals surface area (Å²) in [6, 6.07) is 2.92. The van der Waals surface area contributed by atoms with E-state index in [1.54, 1.807) is 0 Å². The van der Waals surface area contributed by atoms with E-state index >= 15 is 0 Å². The number of hydrogen-bond donors (Lipinski definition) is 2. The minimum absolute atomic E-state index is 0.0228. The average molecular weight is 261 g/mol. The molecule has 2 N–H and O–H groups in total. The van der Waals surface area contributed by atoms with E-state index in [1.807, 2.05) is 0 Å². The lowest BCUT2D eigenvalue weighted by atomic mass is 9.87. The molecule has 100 valence electrons. The molecule has 19 heavy (non-hydrogen) atoms. The summed E-state index contributed by atoms with van der Waals surface area (Å²) in [5, 5.41) is 11.5. The second-order valence-corrected chi connectivity index (χ2v) is 5.02. The Morgan fingerprint density at radius 1 is 1.32 bits per heavy atom. The van der Waals surface area contributed by atoms with Crippen molar-refractivity contribution in [2.45, 2.75) is 38.0 Å². The van der Waals surface area contributed by atoms with E-state index in [0.717, 1.165) is 18.5 Å². The van der Waals surface area contributed by atoms with Crippen LogP contribution in [0.1, 0.15) is 54.2 Å². The maximum Gasteiger partial charge on any atom is 0.353 e. The minimum atomic E-state index is -1.09. The van der Waals surface area contributed by atoms with E-state index in [2.05, 4.69) is 10.1 Å². The summed E-state index contributed by atoms with van der Waals surface area (Å²) in [6.07, 6.45) is 5.68. The Morgan fingerprint density at radius 3 is 2.74 bits per heavy atom. The fourth-order valence-corrected chi connectivity index (χ4v) is 2.73. The molecule has 0 aromatic carbocycles. The van der Waals surface area contributed by atoms with Gasteiger partial charge in [0.15, 0.2) is 5.65 Å². The molecule has 2 heterocycles. The van der Waals surface area contributed by atoms with Crippen LogP contribution in [0.3, 0.4) is 0 Å². The Bertz CT molecular complexity index is 680. The summed E-state index contributed by atoms with van der Waals surface area (Å²) in [4.78, 5) is 27.3. The number of rotatable bonds is 2. The number of nitrogens with one attached hydrogen (secondary N) is 1. The lowest BCUT2D eigenvalue weighted by Gasteiger charge is -2.20. The molecule has 0 saturated heterocycles. The van der Waals surface area contributed by atoms with Crippen LogP contribution < -0.4 is 5.56 Å². The van der Waals surface area contributed by atoms with Crippen LogP contribution in [0, 0.1) is 0 Å². The Morgan fingerprint density at radius 2 is 2.05 bits per heavy atom. The van der Waals surface area contributed by atoms with Gasteiger partial charge in [0, 0.05) is 18.1 Å². The molecule has 0 amide bonds. The van der Waals surface area contributed by atoms with E-state index in [4.69, 9.17) is 5.11 Å². The van der Waals surface area contributed by atoms with Crippen molar-refractivity contribution < 1.29 is 9.90 Å². The predicted molar refractivity (Wildman–Crippen MR) is 68.6 cm³/mol. The molecule has 2 aromatic rings. The van der Waals surface area contributed by atoms with Gasteiger partial charge in [0.05, 0.1) is 5.69 Å². The van der Waals surface area contributed by atoms with Crippen molar-refractivity contribution in [2.24, 2.45) is 0 Å². The number of carboxylic acid groups (broad SMARTS) is 1. The molecule has 1 saturated carbocycles. The number of fused-ring (bicyclic) bond motifs is 1. The molecule has 1 fully saturated rings. The van der Waals surface area contributed by atoms with E-state index in [0.29, 0.717) is 11.6 Å². The lowest BCUT2D eigenvalue weighted by molar-refractivity contribution is 0.0690. The van der Waals surface area contributed by atoms with Gasteiger partial charge < -0.3 is 5.11 Å². The summed E-state index contributed by atoms with van der Waals surface area (Å²) >= 11 is 0. The molecular weight excluding hydrogens is 246 g/mol. The highest BCUT2D eigenvalue weighted by molar-refractivity contribution is 5.86. The van der Waals surface area contributed by atoms with Crippen molar-refractivity contribution in [1.29, 1.82) is 0 Å². The lowest BCUT2D eigenvalue weighted by Crippen LogP contribution is -2.18. The molecule has 0 radical (unpaired) electrons. The number of carboxylic acids is 1. The summed E-state index contributed by atoms with van der Waals surface area (Å²) in [5.41, 5.74) is 0.898. The van der Waals surface area contributed by atoms with E-state index in [1.165, 1.54) is 35.9 Å². The van der Waals surface area contributed by atoms with Gasteiger partial charge in [0.25, 0.3) is 5.56 Å². The Balaban J connectivity index is 2.07. The fraction of sp³-hybridized carbons (Fsp3) is 0.462. The zero-order valence-corrected chi connectivity index (χ0v) is 10.4. The molecule has 2 aromatic heterocycles. The number of nitrogens with zero attached hydrogens (tertiary/aromatic N) is 2. The normalized spacial score (nSPS) is 16.8. The number of aromatic amines is 1. The largest absolute Gasteiger partial charge is 0.477 e. The number of hydrogen-bond acceptors (Lipinski definition) is 3. The van der Waals surface area contributed by atoms with Crippen molar-refractivity contribution in [3.63, 3.8) is 0 Å². The van der Waals surface area contributed by atoms with E-state index in [9.17, 15) is 9.59 Å². The van der Waals surface area contributed by atoms with Crippen molar-refractivity contribution in [1.82, 2.24) is 14.6 Å².